The molecule has 0 spiro atoms. The fourth-order valence-corrected chi connectivity index (χ4v) is 1.29. The highest BCUT2D eigenvalue weighted by atomic mass is 16.7. The van der Waals surface area contributed by atoms with Crippen molar-refractivity contribution in [3.05, 3.63) is 30.3 Å². The van der Waals surface area contributed by atoms with Gasteiger partial charge in [0.25, 0.3) is 0 Å². The number of rotatable bonds is 2. The van der Waals surface area contributed by atoms with Gasteiger partial charge in [-0.25, -0.2) is 0 Å². The van der Waals surface area contributed by atoms with Gasteiger partial charge in [-0.2, -0.15) is 0 Å². The summed E-state index contributed by atoms with van der Waals surface area (Å²) >= 11 is 0. The third kappa shape index (κ3) is 1.91. The Bertz CT molecular complexity index is 265. The minimum Gasteiger partial charge on any atom is -0.402 e. The maximum Gasteiger partial charge on any atom is 0.495 e. The number of hydrogen-bond acceptors (Lipinski definition) is 3. The van der Waals surface area contributed by atoms with Crippen LogP contribution in [0, 0.1) is 0 Å². The van der Waals surface area contributed by atoms with Crippen LogP contribution in [0.5, 0.6) is 0 Å². The third-order valence-corrected chi connectivity index (χ3v) is 1.99. The third-order valence-electron chi connectivity index (χ3n) is 1.99. The molecule has 2 rings (SSSR count). The van der Waals surface area contributed by atoms with E-state index in [2.05, 4.69) is 0 Å². The maximum atomic E-state index is 5.45. The summed E-state index contributed by atoms with van der Waals surface area (Å²) in [6, 6.07) is 9.84. The molecule has 1 aromatic carbocycles. The van der Waals surface area contributed by atoms with Gasteiger partial charge in [0.1, 0.15) is 0 Å². The quantitative estimate of drug-likeness (QED) is 0.613. The zero-order chi connectivity index (χ0) is 9.10. The van der Waals surface area contributed by atoms with Crippen LogP contribution in [-0.2, 0) is 14.0 Å². The van der Waals surface area contributed by atoms with Crippen LogP contribution in [0.2, 0.25) is 0 Å². The van der Waals surface area contributed by atoms with E-state index in [9.17, 15) is 0 Å². The molecule has 0 aliphatic carbocycles. The van der Waals surface area contributed by atoms with E-state index in [1.54, 1.807) is 7.11 Å². The van der Waals surface area contributed by atoms with E-state index in [4.69, 9.17) is 14.0 Å². The van der Waals surface area contributed by atoms with Crippen LogP contribution in [0.4, 0.5) is 0 Å². The SMILES string of the molecule is COC1COB(c2ccccc2)O1. The van der Waals surface area contributed by atoms with Crippen LogP contribution in [-0.4, -0.2) is 27.1 Å². The predicted molar refractivity (Wildman–Crippen MR) is 49.7 cm³/mol. The van der Waals surface area contributed by atoms with E-state index in [1.165, 1.54) is 0 Å². The molecule has 1 atom stereocenters. The maximum absolute atomic E-state index is 5.45. The lowest BCUT2D eigenvalue weighted by atomic mass is 9.80. The van der Waals surface area contributed by atoms with Gasteiger partial charge in [0, 0.05) is 7.11 Å². The van der Waals surface area contributed by atoms with E-state index < -0.39 is 0 Å². The van der Waals surface area contributed by atoms with Crippen LogP contribution >= 0.6 is 0 Å². The van der Waals surface area contributed by atoms with E-state index in [0.717, 1.165) is 5.46 Å². The highest BCUT2D eigenvalue weighted by Gasteiger charge is 2.32. The van der Waals surface area contributed by atoms with Crippen molar-refractivity contribution in [2.45, 2.75) is 6.29 Å². The standard InChI is InChI=1S/C9H11BO3/c1-11-9-7-12-10(13-9)8-5-3-2-4-6-8/h2-6,9H,7H2,1H3. The Labute approximate surface area is 77.8 Å². The van der Waals surface area contributed by atoms with Gasteiger partial charge in [0.05, 0.1) is 6.61 Å². The van der Waals surface area contributed by atoms with Gasteiger partial charge in [0.15, 0.2) is 6.29 Å². The molecule has 4 heteroatoms. The number of hydrogen-bond donors (Lipinski definition) is 0. The second-order valence-corrected chi connectivity index (χ2v) is 2.88. The molecule has 1 aliphatic rings. The summed E-state index contributed by atoms with van der Waals surface area (Å²) in [6.45, 7) is 0.496. The van der Waals surface area contributed by atoms with Gasteiger partial charge in [-0.3, -0.25) is 0 Å². The summed E-state index contributed by atoms with van der Waals surface area (Å²) in [5.74, 6) is 0. The summed E-state index contributed by atoms with van der Waals surface area (Å²) in [4.78, 5) is 0. The first-order chi connectivity index (χ1) is 6.40. The predicted octanol–water partition coefficient (Wildman–Crippen LogP) is 0.401. The summed E-state index contributed by atoms with van der Waals surface area (Å²) in [7, 11) is 1.34. The summed E-state index contributed by atoms with van der Waals surface area (Å²) in [6.07, 6.45) is -0.231. The highest BCUT2D eigenvalue weighted by molar-refractivity contribution is 6.61. The Balaban J connectivity index is 2.04. The van der Waals surface area contributed by atoms with Crippen molar-refractivity contribution in [2.75, 3.05) is 13.7 Å². The van der Waals surface area contributed by atoms with E-state index >= 15 is 0 Å². The molecular formula is C9H11BO3. The molecular weight excluding hydrogens is 167 g/mol. The average molecular weight is 178 g/mol. The Morgan fingerprint density at radius 3 is 2.77 bits per heavy atom. The van der Waals surface area contributed by atoms with Gasteiger partial charge in [-0.1, -0.05) is 30.3 Å². The molecule has 0 bridgehead atoms. The van der Waals surface area contributed by atoms with Crippen molar-refractivity contribution >= 4 is 12.6 Å². The zero-order valence-electron chi connectivity index (χ0n) is 7.47. The van der Waals surface area contributed by atoms with Gasteiger partial charge >= 0.3 is 7.12 Å². The van der Waals surface area contributed by atoms with E-state index in [1.807, 2.05) is 30.3 Å². The number of ether oxygens (including phenoxy) is 1. The van der Waals surface area contributed by atoms with E-state index in [0.29, 0.717) is 6.61 Å². The fraction of sp³-hybridized carbons (Fsp3) is 0.333. The largest absolute Gasteiger partial charge is 0.495 e. The van der Waals surface area contributed by atoms with Crippen molar-refractivity contribution < 1.29 is 14.0 Å². The molecule has 13 heavy (non-hydrogen) atoms. The van der Waals surface area contributed by atoms with Gasteiger partial charge in [0.2, 0.25) is 0 Å². The molecule has 0 radical (unpaired) electrons. The molecule has 1 aromatic rings. The molecule has 1 saturated heterocycles. The second kappa shape index (κ2) is 3.92. The molecule has 68 valence electrons. The normalized spacial score (nSPS) is 22.2. The molecule has 1 heterocycles. The minimum absolute atomic E-state index is 0.231. The first kappa shape index (κ1) is 8.75. The Kier molecular flexibility index (Phi) is 2.64. The molecule has 1 fully saturated rings. The highest BCUT2D eigenvalue weighted by Crippen LogP contribution is 2.08. The summed E-state index contributed by atoms with van der Waals surface area (Å²) < 4.78 is 15.9. The number of methoxy groups -OCH3 is 1. The number of benzene rings is 1. The van der Waals surface area contributed by atoms with Crippen molar-refractivity contribution in [3.8, 4) is 0 Å². The molecule has 3 nitrogen and oxygen atoms in total. The van der Waals surface area contributed by atoms with Gasteiger partial charge in [-0.05, 0) is 5.46 Å². The van der Waals surface area contributed by atoms with Crippen molar-refractivity contribution in [3.63, 3.8) is 0 Å². The molecule has 0 saturated carbocycles. The topological polar surface area (TPSA) is 27.7 Å². The average Bonchev–Trinajstić information content (AvgIpc) is 2.67. The van der Waals surface area contributed by atoms with Gasteiger partial charge in [-0.15, -0.1) is 0 Å². The second-order valence-electron chi connectivity index (χ2n) is 2.88. The Morgan fingerprint density at radius 2 is 2.15 bits per heavy atom. The lowest BCUT2D eigenvalue weighted by Crippen LogP contribution is -2.32. The van der Waals surface area contributed by atoms with Crippen LogP contribution in [0.3, 0.4) is 0 Å². The fourth-order valence-electron chi connectivity index (χ4n) is 1.29. The van der Waals surface area contributed by atoms with Crippen molar-refractivity contribution in [2.24, 2.45) is 0 Å². The van der Waals surface area contributed by atoms with Crippen LogP contribution in [0.15, 0.2) is 30.3 Å². The molecule has 0 aromatic heterocycles. The lowest BCUT2D eigenvalue weighted by Gasteiger charge is -2.06. The summed E-state index contributed by atoms with van der Waals surface area (Å²) in [5, 5.41) is 0. The van der Waals surface area contributed by atoms with Crippen LogP contribution in [0.1, 0.15) is 0 Å². The smallest absolute Gasteiger partial charge is 0.402 e. The minimum atomic E-state index is -0.272. The molecule has 0 N–H and O–H groups in total. The Hall–Kier alpha value is -0.835. The molecule has 1 unspecified atom stereocenters. The monoisotopic (exact) mass is 178 g/mol. The molecule has 1 aliphatic heterocycles. The first-order valence-corrected chi connectivity index (χ1v) is 4.25. The lowest BCUT2D eigenvalue weighted by molar-refractivity contribution is -0.0392. The summed E-state index contributed by atoms with van der Waals surface area (Å²) in [5.41, 5.74) is 1.03. The van der Waals surface area contributed by atoms with Crippen molar-refractivity contribution in [1.29, 1.82) is 0 Å². The molecule has 0 amide bonds. The van der Waals surface area contributed by atoms with Gasteiger partial charge < -0.3 is 14.0 Å². The zero-order valence-corrected chi connectivity index (χ0v) is 7.47. The van der Waals surface area contributed by atoms with Crippen LogP contribution < -0.4 is 5.46 Å². The first-order valence-electron chi connectivity index (χ1n) is 4.25. The van der Waals surface area contributed by atoms with Crippen molar-refractivity contribution in [1.82, 2.24) is 0 Å². The van der Waals surface area contributed by atoms with E-state index in [-0.39, 0.29) is 13.4 Å². The van der Waals surface area contributed by atoms with Crippen LogP contribution in [0.25, 0.3) is 0 Å². The Morgan fingerprint density at radius 1 is 1.38 bits per heavy atom.